The van der Waals surface area contributed by atoms with Crippen molar-refractivity contribution in [2.75, 3.05) is 66.7 Å². The third-order valence-corrected chi connectivity index (χ3v) is 2.87. The lowest BCUT2D eigenvalue weighted by molar-refractivity contribution is 0.0389. The third kappa shape index (κ3) is 9.42. The number of methoxy groups -OCH3 is 1. The summed E-state index contributed by atoms with van der Waals surface area (Å²) >= 11 is 0. The first-order chi connectivity index (χ1) is 8.86. The third-order valence-electron chi connectivity index (χ3n) is 2.87. The van der Waals surface area contributed by atoms with Crippen LogP contribution in [-0.2, 0) is 9.47 Å². The summed E-state index contributed by atoms with van der Waals surface area (Å²) in [4.78, 5) is 6.58. The summed E-state index contributed by atoms with van der Waals surface area (Å²) in [5.74, 6) is 0.861. The summed E-state index contributed by atoms with van der Waals surface area (Å²) in [6, 6.07) is 0. The van der Waals surface area contributed by atoms with E-state index in [-0.39, 0.29) is 24.0 Å². The van der Waals surface area contributed by atoms with E-state index in [4.69, 9.17) is 9.47 Å². The molecule has 1 aliphatic rings. The largest absolute Gasteiger partial charge is 0.385 e. The summed E-state index contributed by atoms with van der Waals surface area (Å²) in [6.07, 6.45) is 0.987. The van der Waals surface area contributed by atoms with Gasteiger partial charge in [0.05, 0.1) is 13.2 Å². The Morgan fingerprint density at radius 3 is 2.58 bits per heavy atom. The van der Waals surface area contributed by atoms with Crippen LogP contribution in [0, 0.1) is 0 Å². The van der Waals surface area contributed by atoms with E-state index in [0.29, 0.717) is 0 Å². The quantitative estimate of drug-likeness (QED) is 0.282. The molecule has 0 spiro atoms. The van der Waals surface area contributed by atoms with Crippen LogP contribution in [0.15, 0.2) is 4.99 Å². The molecular formula is C12H27IN4O2. The molecule has 1 aliphatic heterocycles. The summed E-state index contributed by atoms with van der Waals surface area (Å²) < 4.78 is 10.3. The van der Waals surface area contributed by atoms with Crippen molar-refractivity contribution in [2.24, 2.45) is 4.99 Å². The first-order valence-corrected chi connectivity index (χ1v) is 6.60. The van der Waals surface area contributed by atoms with Gasteiger partial charge in [-0.15, -0.1) is 24.0 Å². The maximum absolute atomic E-state index is 5.31. The van der Waals surface area contributed by atoms with Gasteiger partial charge < -0.3 is 20.1 Å². The van der Waals surface area contributed by atoms with Crippen molar-refractivity contribution in [3.05, 3.63) is 0 Å². The molecule has 0 bridgehead atoms. The Morgan fingerprint density at radius 2 is 1.95 bits per heavy atom. The van der Waals surface area contributed by atoms with Crippen LogP contribution in [0.1, 0.15) is 6.42 Å². The average molecular weight is 386 g/mol. The molecule has 0 aromatic carbocycles. The van der Waals surface area contributed by atoms with Crippen LogP contribution in [-0.4, -0.2) is 77.6 Å². The van der Waals surface area contributed by atoms with Gasteiger partial charge in [-0.25, -0.2) is 0 Å². The van der Waals surface area contributed by atoms with Gasteiger partial charge in [0.2, 0.25) is 0 Å². The fourth-order valence-electron chi connectivity index (χ4n) is 1.80. The number of morpholine rings is 1. The molecule has 0 radical (unpaired) electrons. The van der Waals surface area contributed by atoms with Gasteiger partial charge in [0.15, 0.2) is 5.96 Å². The molecule has 1 rings (SSSR count). The monoisotopic (exact) mass is 386 g/mol. The molecule has 7 heteroatoms. The Kier molecular flexibility index (Phi) is 12.8. The second-order valence-electron chi connectivity index (χ2n) is 4.23. The number of nitrogens with zero attached hydrogens (tertiary/aromatic N) is 2. The molecule has 0 amide bonds. The molecule has 19 heavy (non-hydrogen) atoms. The lowest BCUT2D eigenvalue weighted by atomic mass is 10.4. The van der Waals surface area contributed by atoms with Crippen LogP contribution >= 0.6 is 24.0 Å². The molecule has 0 unspecified atom stereocenters. The van der Waals surface area contributed by atoms with Gasteiger partial charge >= 0.3 is 0 Å². The molecule has 1 fully saturated rings. The van der Waals surface area contributed by atoms with Crippen molar-refractivity contribution in [1.82, 2.24) is 15.5 Å². The zero-order valence-corrected chi connectivity index (χ0v) is 14.3. The topological polar surface area (TPSA) is 58.1 Å². The Morgan fingerprint density at radius 1 is 1.26 bits per heavy atom. The number of aliphatic imine (C=N–C) groups is 1. The van der Waals surface area contributed by atoms with Crippen molar-refractivity contribution >= 4 is 29.9 Å². The van der Waals surface area contributed by atoms with E-state index >= 15 is 0 Å². The molecule has 114 valence electrons. The normalized spacial score (nSPS) is 16.8. The number of guanidine groups is 1. The Labute approximate surface area is 133 Å². The van der Waals surface area contributed by atoms with E-state index in [1.165, 1.54) is 0 Å². The molecule has 2 N–H and O–H groups in total. The second kappa shape index (κ2) is 12.9. The number of nitrogens with one attached hydrogen (secondary N) is 2. The van der Waals surface area contributed by atoms with Crippen LogP contribution < -0.4 is 10.6 Å². The minimum atomic E-state index is 0. The van der Waals surface area contributed by atoms with Gasteiger partial charge in [0.25, 0.3) is 0 Å². The van der Waals surface area contributed by atoms with Crippen molar-refractivity contribution in [3.8, 4) is 0 Å². The van der Waals surface area contributed by atoms with Crippen molar-refractivity contribution < 1.29 is 9.47 Å². The highest BCUT2D eigenvalue weighted by atomic mass is 127. The average Bonchev–Trinajstić information content (AvgIpc) is 2.42. The van der Waals surface area contributed by atoms with E-state index < -0.39 is 0 Å². The highest BCUT2D eigenvalue weighted by Gasteiger charge is 2.09. The highest BCUT2D eigenvalue weighted by molar-refractivity contribution is 14.0. The fourth-order valence-corrected chi connectivity index (χ4v) is 1.80. The van der Waals surface area contributed by atoms with Gasteiger partial charge in [-0.1, -0.05) is 0 Å². The van der Waals surface area contributed by atoms with Crippen LogP contribution in [0.5, 0.6) is 0 Å². The van der Waals surface area contributed by atoms with Gasteiger partial charge in [-0.3, -0.25) is 9.89 Å². The van der Waals surface area contributed by atoms with Gasteiger partial charge in [0, 0.05) is 53.5 Å². The zero-order valence-electron chi connectivity index (χ0n) is 12.0. The molecule has 1 heterocycles. The first-order valence-electron chi connectivity index (χ1n) is 6.60. The van der Waals surface area contributed by atoms with Gasteiger partial charge in [0.1, 0.15) is 0 Å². The summed E-state index contributed by atoms with van der Waals surface area (Å²) in [6.45, 7) is 7.35. The van der Waals surface area contributed by atoms with E-state index in [9.17, 15) is 0 Å². The van der Waals surface area contributed by atoms with E-state index in [1.807, 2.05) is 0 Å². The van der Waals surface area contributed by atoms with Crippen LogP contribution in [0.25, 0.3) is 0 Å². The molecule has 6 nitrogen and oxygen atoms in total. The lowest BCUT2D eigenvalue weighted by Crippen LogP contribution is -2.44. The Hall–Kier alpha value is -0.120. The second-order valence-corrected chi connectivity index (χ2v) is 4.23. The molecule has 1 saturated heterocycles. The number of hydrogen-bond donors (Lipinski definition) is 2. The van der Waals surface area contributed by atoms with Gasteiger partial charge in [-0.05, 0) is 6.42 Å². The number of ether oxygens (including phenoxy) is 2. The molecule has 0 aliphatic carbocycles. The highest BCUT2D eigenvalue weighted by Crippen LogP contribution is 1.94. The molecule has 0 aromatic heterocycles. The van der Waals surface area contributed by atoms with Crippen molar-refractivity contribution in [3.63, 3.8) is 0 Å². The molecule has 0 aromatic rings. The SMILES string of the molecule is CN=C(NCCCOC)NCCN1CCOCC1.I. The number of rotatable bonds is 7. The lowest BCUT2D eigenvalue weighted by Gasteiger charge is -2.26. The number of halogens is 1. The van der Waals surface area contributed by atoms with Crippen LogP contribution in [0.3, 0.4) is 0 Å². The Bertz CT molecular complexity index is 236. The van der Waals surface area contributed by atoms with Crippen molar-refractivity contribution in [2.45, 2.75) is 6.42 Å². The fraction of sp³-hybridized carbons (Fsp3) is 0.917. The maximum Gasteiger partial charge on any atom is 0.191 e. The number of hydrogen-bond acceptors (Lipinski definition) is 4. The summed E-state index contributed by atoms with van der Waals surface area (Å²) in [5.41, 5.74) is 0. The minimum Gasteiger partial charge on any atom is -0.385 e. The molecular weight excluding hydrogens is 359 g/mol. The Balaban J connectivity index is 0.00000324. The smallest absolute Gasteiger partial charge is 0.191 e. The predicted octanol–water partition coefficient (Wildman–Crippen LogP) is 0.138. The molecule has 0 saturated carbocycles. The summed E-state index contributed by atoms with van der Waals surface area (Å²) in [7, 11) is 3.51. The minimum absolute atomic E-state index is 0. The maximum atomic E-state index is 5.31. The van der Waals surface area contributed by atoms with E-state index in [2.05, 4.69) is 20.5 Å². The summed E-state index contributed by atoms with van der Waals surface area (Å²) in [5, 5.41) is 6.57. The zero-order chi connectivity index (χ0) is 13.1. The van der Waals surface area contributed by atoms with Crippen LogP contribution in [0.2, 0.25) is 0 Å². The van der Waals surface area contributed by atoms with Gasteiger partial charge in [-0.2, -0.15) is 0 Å². The predicted molar refractivity (Wildman–Crippen MR) is 88.5 cm³/mol. The van der Waals surface area contributed by atoms with E-state index in [0.717, 1.165) is 64.9 Å². The van der Waals surface area contributed by atoms with E-state index in [1.54, 1.807) is 14.2 Å². The van der Waals surface area contributed by atoms with Crippen molar-refractivity contribution in [1.29, 1.82) is 0 Å². The first kappa shape index (κ1) is 18.9. The standard InChI is InChI=1S/C12H26N4O2.HI/c1-13-12(14-4-3-9-17-2)15-5-6-16-7-10-18-11-8-16;/h3-11H2,1-2H3,(H2,13,14,15);1H. The van der Waals surface area contributed by atoms with Crippen LogP contribution in [0.4, 0.5) is 0 Å². The molecule has 0 atom stereocenters.